The van der Waals surface area contributed by atoms with Crippen LogP contribution in [-0.2, 0) is 24.4 Å². The Morgan fingerprint density at radius 3 is 2.38 bits per heavy atom. The zero-order valence-corrected chi connectivity index (χ0v) is 22.9. The molecule has 5 aliphatic rings. The summed E-state index contributed by atoms with van der Waals surface area (Å²) in [7, 11) is -5.78. The molecule has 0 unspecified atom stereocenters. The second-order valence-electron chi connectivity index (χ2n) is 12.6. The molecular weight excluding hydrogens is 537 g/mol. The molecule has 1 aromatic rings. The predicted octanol–water partition coefficient (Wildman–Crippen LogP) is 4.93. The maximum absolute atomic E-state index is 13.2. The van der Waals surface area contributed by atoms with Gasteiger partial charge >= 0.3 is 15.6 Å². The number of rotatable bonds is 3. The lowest BCUT2D eigenvalue weighted by molar-refractivity contribution is -0.271. The fraction of sp³-hybridized carbons (Fsp3) is 0.750. The van der Waals surface area contributed by atoms with E-state index >= 15 is 0 Å². The molecule has 39 heavy (non-hydrogen) atoms. The molecule has 5 fully saturated rings. The second kappa shape index (κ2) is 8.90. The van der Waals surface area contributed by atoms with Gasteiger partial charge in [-0.1, -0.05) is 26.0 Å². The van der Waals surface area contributed by atoms with Gasteiger partial charge in [0.25, 0.3) is 0 Å². The van der Waals surface area contributed by atoms with E-state index in [-0.39, 0.29) is 41.3 Å². The van der Waals surface area contributed by atoms with Crippen LogP contribution >= 0.6 is 0 Å². The smallest absolute Gasteiger partial charge is 0.389 e. The summed E-state index contributed by atoms with van der Waals surface area (Å²) in [5, 5.41) is 12.3. The Morgan fingerprint density at radius 1 is 1.08 bits per heavy atom. The maximum Gasteiger partial charge on any atom is 0.534 e. The summed E-state index contributed by atoms with van der Waals surface area (Å²) in [5.74, 6) is -0.669. The van der Waals surface area contributed by atoms with Crippen molar-refractivity contribution in [1.29, 1.82) is 0 Å². The van der Waals surface area contributed by atoms with Crippen LogP contribution in [0.5, 0.6) is 5.75 Å². The quantitative estimate of drug-likeness (QED) is 0.405. The largest absolute Gasteiger partial charge is 0.534 e. The van der Waals surface area contributed by atoms with E-state index in [0.717, 1.165) is 18.4 Å². The average molecular weight is 573 g/mol. The molecule has 0 aromatic heterocycles. The van der Waals surface area contributed by atoms with E-state index in [2.05, 4.69) is 11.1 Å². The number of carbonyl (C=O) groups is 1. The van der Waals surface area contributed by atoms with E-state index in [1.54, 1.807) is 12.1 Å². The number of halogens is 3. The third-order valence-corrected chi connectivity index (χ3v) is 11.8. The molecule has 4 aliphatic carbocycles. The van der Waals surface area contributed by atoms with Crippen LogP contribution in [0.3, 0.4) is 0 Å². The topological polar surface area (TPSA) is 99.1 Å². The number of hydrogen-bond donors (Lipinski definition) is 1. The summed E-state index contributed by atoms with van der Waals surface area (Å²) in [5.41, 5.74) is -6.24. The van der Waals surface area contributed by atoms with Gasteiger partial charge in [0.1, 0.15) is 11.5 Å². The molecule has 0 amide bonds. The van der Waals surface area contributed by atoms with Crippen molar-refractivity contribution in [2.24, 2.45) is 35.0 Å². The number of Topliss-reactive ketones (excluding diaryl/α,β-unsaturated/α-hetero) is 1. The summed E-state index contributed by atoms with van der Waals surface area (Å²) in [4.78, 5) is 13.2. The summed E-state index contributed by atoms with van der Waals surface area (Å²) in [6.45, 7) is 5.14. The van der Waals surface area contributed by atoms with E-state index in [9.17, 15) is 31.5 Å². The van der Waals surface area contributed by atoms with Crippen molar-refractivity contribution in [1.82, 2.24) is 0 Å². The fourth-order valence-corrected chi connectivity index (χ4v) is 9.55. The van der Waals surface area contributed by atoms with E-state index in [1.165, 1.54) is 12.1 Å². The third kappa shape index (κ3) is 4.16. The Hall–Kier alpha value is -1.69. The Labute approximate surface area is 226 Å². The number of fused-ring (bicyclic) bond motifs is 5. The molecule has 0 radical (unpaired) electrons. The summed E-state index contributed by atoms with van der Waals surface area (Å²) >= 11 is 0. The molecule has 216 valence electrons. The van der Waals surface area contributed by atoms with Gasteiger partial charge in [0.15, 0.2) is 5.79 Å². The van der Waals surface area contributed by atoms with Crippen molar-refractivity contribution >= 4 is 15.9 Å². The monoisotopic (exact) mass is 572 g/mol. The number of ketones is 1. The zero-order chi connectivity index (χ0) is 28.0. The van der Waals surface area contributed by atoms with Crippen molar-refractivity contribution in [2.45, 2.75) is 81.6 Å². The highest BCUT2D eigenvalue weighted by Crippen LogP contribution is 2.67. The van der Waals surface area contributed by atoms with Crippen molar-refractivity contribution in [3.05, 3.63) is 29.8 Å². The van der Waals surface area contributed by atoms with Crippen molar-refractivity contribution in [3.63, 3.8) is 0 Å². The first-order valence-corrected chi connectivity index (χ1v) is 15.2. The first kappa shape index (κ1) is 27.5. The standard InChI is InChI=1S/C28H35F3O7S/c1-16-13-19-21-7-8-23(32)25(21,2)14-20(17-3-5-18(6-4-17)38-39(34,35)28(29,30)31)24(19)22-9-10-26(15-27(16,22)33)36-11-12-37-26/h3-6,16,19-22,24,33H,7-15H2,1-2H3/t16-,19+,20-,21+,22-,24-,25+,27+/m1/s1. The lowest BCUT2D eigenvalue weighted by Gasteiger charge is -2.63. The molecular formula is C28H35F3O7S. The van der Waals surface area contributed by atoms with Crippen molar-refractivity contribution < 1.29 is 45.1 Å². The number of benzene rings is 1. The molecule has 8 atom stereocenters. The molecule has 1 aliphatic heterocycles. The third-order valence-electron chi connectivity index (χ3n) is 10.8. The molecule has 1 heterocycles. The van der Waals surface area contributed by atoms with E-state index in [1.807, 2.05) is 6.92 Å². The van der Waals surface area contributed by atoms with E-state index in [0.29, 0.717) is 45.3 Å². The lowest BCUT2D eigenvalue weighted by atomic mass is 9.43. The normalized spacial score (nSPS) is 41.6. The Morgan fingerprint density at radius 2 is 1.74 bits per heavy atom. The van der Waals surface area contributed by atoms with Crippen molar-refractivity contribution in [2.75, 3.05) is 13.2 Å². The summed E-state index contributed by atoms with van der Waals surface area (Å²) in [6.07, 6.45) is 4.49. The molecule has 7 nitrogen and oxygen atoms in total. The number of hydrogen-bond acceptors (Lipinski definition) is 7. The zero-order valence-electron chi connectivity index (χ0n) is 22.1. The lowest BCUT2D eigenvalue weighted by Crippen LogP contribution is -2.64. The van der Waals surface area contributed by atoms with Crippen LogP contribution in [0.15, 0.2) is 24.3 Å². The average Bonchev–Trinajstić information content (AvgIpc) is 3.42. The number of carbonyl (C=O) groups excluding carboxylic acids is 1. The minimum absolute atomic E-state index is 0.0178. The molecule has 1 spiro atoms. The van der Waals surface area contributed by atoms with Gasteiger partial charge in [-0.05, 0) is 78.9 Å². The summed E-state index contributed by atoms with van der Waals surface area (Å²) < 4.78 is 77.8. The minimum Gasteiger partial charge on any atom is -0.389 e. The molecule has 0 bridgehead atoms. The minimum atomic E-state index is -5.78. The van der Waals surface area contributed by atoms with Gasteiger partial charge in [0, 0.05) is 24.7 Å². The molecule has 1 N–H and O–H groups in total. The Kier molecular flexibility index (Phi) is 6.27. The van der Waals surface area contributed by atoms with Gasteiger partial charge in [-0.3, -0.25) is 4.79 Å². The predicted molar refractivity (Wildman–Crippen MR) is 133 cm³/mol. The van der Waals surface area contributed by atoms with Crippen molar-refractivity contribution in [3.8, 4) is 5.75 Å². The number of alkyl halides is 3. The van der Waals surface area contributed by atoms with Gasteiger partial charge in [-0.2, -0.15) is 21.6 Å². The van der Waals surface area contributed by atoms with Crippen LogP contribution in [0.4, 0.5) is 13.2 Å². The first-order chi connectivity index (χ1) is 18.2. The number of ether oxygens (including phenoxy) is 2. The van der Waals surface area contributed by atoms with Crippen LogP contribution in [0.25, 0.3) is 0 Å². The van der Waals surface area contributed by atoms with E-state index in [4.69, 9.17) is 9.47 Å². The second-order valence-corrected chi connectivity index (χ2v) is 14.2. The maximum atomic E-state index is 13.2. The first-order valence-electron chi connectivity index (χ1n) is 13.8. The van der Waals surface area contributed by atoms with Gasteiger partial charge in [-0.25, -0.2) is 0 Å². The fourth-order valence-electron chi connectivity index (χ4n) is 9.09. The van der Waals surface area contributed by atoms with Crippen LogP contribution in [-0.4, -0.2) is 49.4 Å². The van der Waals surface area contributed by atoms with Crippen LogP contribution < -0.4 is 4.18 Å². The van der Waals surface area contributed by atoms with E-state index < -0.39 is 38.2 Å². The van der Waals surface area contributed by atoms with Crippen LogP contribution in [0.1, 0.15) is 70.3 Å². The van der Waals surface area contributed by atoms with Gasteiger partial charge in [0.2, 0.25) is 0 Å². The number of aliphatic hydroxyl groups is 1. The highest BCUT2D eigenvalue weighted by molar-refractivity contribution is 7.88. The Bertz CT molecular complexity index is 1240. The van der Waals surface area contributed by atoms with Gasteiger partial charge in [-0.15, -0.1) is 0 Å². The molecule has 4 saturated carbocycles. The Balaban J connectivity index is 1.36. The van der Waals surface area contributed by atoms with Crippen LogP contribution in [0, 0.1) is 35.0 Å². The SMILES string of the molecule is C[C@@H]1C[C@@H]2[C@H]([C@@H](c3ccc(OS(=O)(=O)C(F)(F)F)cc3)C[C@]3(C)C(=O)CC[C@@H]23)[C@H]2CCC3(C[C@]12O)OCCO3. The molecule has 6 rings (SSSR count). The molecule has 1 aromatic carbocycles. The van der Waals surface area contributed by atoms with Gasteiger partial charge in [0.05, 0.1) is 18.8 Å². The van der Waals surface area contributed by atoms with Gasteiger partial charge < -0.3 is 18.8 Å². The molecule has 1 saturated heterocycles. The highest BCUT2D eigenvalue weighted by atomic mass is 32.2. The highest BCUT2D eigenvalue weighted by Gasteiger charge is 2.66. The summed E-state index contributed by atoms with van der Waals surface area (Å²) in [6, 6.07) is 5.70. The van der Waals surface area contributed by atoms with Crippen LogP contribution in [0.2, 0.25) is 0 Å². The molecule has 11 heteroatoms.